The van der Waals surface area contributed by atoms with E-state index in [9.17, 15) is 0 Å². The van der Waals surface area contributed by atoms with Crippen molar-refractivity contribution in [2.24, 2.45) is 5.73 Å². The van der Waals surface area contributed by atoms with Crippen LogP contribution < -0.4 is 5.73 Å². The summed E-state index contributed by atoms with van der Waals surface area (Å²) in [6.07, 6.45) is 1.65. The van der Waals surface area contributed by atoms with E-state index in [1.165, 1.54) is 0 Å². The maximum absolute atomic E-state index is 8.81. The molecular weight excluding hydrogens is 146 g/mol. The van der Waals surface area contributed by atoms with Gasteiger partial charge < -0.3 is 5.73 Å². The zero-order valence-corrected chi connectivity index (χ0v) is 5.93. The predicted molar refractivity (Wildman–Crippen MR) is 24.4 cm³/mol. The summed E-state index contributed by atoms with van der Waals surface area (Å²) in [5.74, 6) is 0. The van der Waals surface area contributed by atoms with Crippen molar-refractivity contribution in [1.29, 1.82) is 0 Å². The standard InChI is InChI=1S/C3H7N.2H2O.O.Ti/c1-2-3-4;;;;/h2H,1,3-4H2;2*1H2;;/q;;;;+2/p-2. The Bertz CT molecular complexity index is 70.9. The molecular formula is C3H9NO3Ti. The van der Waals surface area contributed by atoms with Crippen molar-refractivity contribution in [2.75, 3.05) is 6.54 Å². The molecule has 5 heteroatoms. The van der Waals surface area contributed by atoms with E-state index in [2.05, 4.69) is 6.58 Å². The van der Waals surface area contributed by atoms with Crippen LogP contribution in [-0.4, -0.2) is 13.9 Å². The van der Waals surface area contributed by atoms with Crippen LogP contribution >= 0.6 is 0 Å². The van der Waals surface area contributed by atoms with Gasteiger partial charge in [0.1, 0.15) is 0 Å². The summed E-state index contributed by atoms with van der Waals surface area (Å²) in [5.41, 5.74) is 4.91. The second kappa shape index (κ2) is 10.2. The van der Waals surface area contributed by atoms with Crippen molar-refractivity contribution in [3.8, 4) is 0 Å². The first-order valence-electron chi connectivity index (χ1n) is 1.88. The average Bonchev–Trinajstić information content (AvgIpc) is 1.65. The van der Waals surface area contributed by atoms with Gasteiger partial charge >= 0.3 is 29.3 Å². The Kier molecular flexibility index (Phi) is 14.0. The fourth-order valence-corrected chi connectivity index (χ4v) is 0. The second-order valence-electron chi connectivity index (χ2n) is 0.807. The molecule has 0 aliphatic rings. The van der Waals surface area contributed by atoms with Gasteiger partial charge in [0.25, 0.3) is 0 Å². The zero-order valence-electron chi connectivity index (χ0n) is 4.37. The van der Waals surface area contributed by atoms with Crippen LogP contribution in [0.15, 0.2) is 12.7 Å². The van der Waals surface area contributed by atoms with Crippen LogP contribution in [0.2, 0.25) is 0 Å². The van der Waals surface area contributed by atoms with Crippen LogP contribution in [0.4, 0.5) is 0 Å². The summed E-state index contributed by atoms with van der Waals surface area (Å²) in [7, 11) is 0. The molecule has 0 radical (unpaired) electrons. The van der Waals surface area contributed by atoms with Gasteiger partial charge in [-0.05, 0) is 0 Å². The molecule has 0 aromatic heterocycles. The van der Waals surface area contributed by atoms with E-state index in [0.29, 0.717) is 6.54 Å². The number of nitrogens with two attached hydrogens (primary N) is 1. The second-order valence-corrected chi connectivity index (χ2v) is 1.69. The first kappa shape index (κ1) is 11.0. The van der Waals surface area contributed by atoms with Crippen molar-refractivity contribution in [3.63, 3.8) is 0 Å². The first-order valence-corrected chi connectivity index (χ1v) is 3.91. The number of rotatable bonds is 1. The van der Waals surface area contributed by atoms with Gasteiger partial charge in [0.2, 0.25) is 0 Å². The third-order valence-electron chi connectivity index (χ3n) is 0.167. The molecule has 48 valence electrons. The molecule has 0 aromatic rings. The van der Waals surface area contributed by atoms with E-state index in [4.69, 9.17) is 16.4 Å². The normalized spacial score (nSPS) is 6.38. The Balaban J connectivity index is 0. The van der Waals surface area contributed by atoms with Crippen LogP contribution in [0.5, 0.6) is 0 Å². The van der Waals surface area contributed by atoms with E-state index in [-0.39, 0.29) is 0 Å². The van der Waals surface area contributed by atoms with Crippen molar-refractivity contribution in [2.45, 2.75) is 0 Å². The molecule has 0 heterocycles. The molecule has 0 spiro atoms. The third kappa shape index (κ3) is 126. The Hall–Kier alpha value is 0.134. The summed E-state index contributed by atoms with van der Waals surface area (Å²) in [6.45, 7) is 3.94. The molecule has 4 nitrogen and oxygen atoms in total. The molecule has 0 saturated carbocycles. The molecule has 0 aromatic carbocycles. The van der Waals surface area contributed by atoms with E-state index in [1.807, 2.05) is 0 Å². The molecule has 0 atom stereocenters. The van der Waals surface area contributed by atoms with Crippen molar-refractivity contribution < 1.29 is 29.3 Å². The van der Waals surface area contributed by atoms with Crippen LogP contribution in [0.3, 0.4) is 0 Å². The quantitative estimate of drug-likeness (QED) is 0.331. The van der Waals surface area contributed by atoms with Gasteiger partial charge in [0.05, 0.1) is 0 Å². The molecule has 0 rings (SSSR count). The van der Waals surface area contributed by atoms with Gasteiger partial charge in [-0.25, -0.2) is 0 Å². The maximum atomic E-state index is 8.81. The van der Waals surface area contributed by atoms with Gasteiger partial charge in [0, 0.05) is 6.54 Å². The van der Waals surface area contributed by atoms with E-state index in [0.717, 1.165) is 0 Å². The molecule has 0 unspecified atom stereocenters. The Morgan fingerprint density at radius 2 is 1.88 bits per heavy atom. The van der Waals surface area contributed by atoms with E-state index >= 15 is 0 Å². The molecule has 4 N–H and O–H groups in total. The summed E-state index contributed by atoms with van der Waals surface area (Å²) in [4.78, 5) is 0. The third-order valence-corrected chi connectivity index (χ3v) is 0.167. The average molecular weight is 155 g/mol. The molecule has 0 amide bonds. The van der Waals surface area contributed by atoms with Gasteiger partial charge in [0.15, 0.2) is 0 Å². The molecule has 0 fully saturated rings. The Morgan fingerprint density at radius 1 is 1.75 bits per heavy atom. The van der Waals surface area contributed by atoms with Gasteiger partial charge in [-0.2, -0.15) is 0 Å². The SMILES string of the molecule is C=CCN.[O]=[Ti]([OH])[OH]. The van der Waals surface area contributed by atoms with E-state index < -0.39 is 18.6 Å². The summed E-state index contributed by atoms with van der Waals surface area (Å²) < 4.78 is 23.2. The predicted octanol–water partition coefficient (Wildman–Crippen LogP) is -1.10. The topological polar surface area (TPSA) is 83.6 Å². The van der Waals surface area contributed by atoms with E-state index in [1.54, 1.807) is 6.08 Å². The Labute approximate surface area is 54.7 Å². The minimum absolute atomic E-state index is 0.583. The van der Waals surface area contributed by atoms with Crippen LogP contribution in [-0.2, 0) is 21.9 Å². The summed E-state index contributed by atoms with van der Waals surface area (Å²) in [5, 5.41) is 0. The first-order chi connectivity index (χ1) is 3.65. The molecule has 0 aliphatic carbocycles. The van der Waals surface area contributed by atoms with Crippen molar-refractivity contribution >= 4 is 0 Å². The number of hydrogen-bond acceptors (Lipinski definition) is 2. The van der Waals surface area contributed by atoms with Crippen molar-refractivity contribution in [3.05, 3.63) is 12.7 Å². The van der Waals surface area contributed by atoms with Crippen molar-refractivity contribution in [1.82, 2.24) is 0 Å². The number of hydrogen-bond donors (Lipinski definition) is 3. The van der Waals surface area contributed by atoms with Gasteiger partial charge in [-0.1, -0.05) is 6.08 Å². The fourth-order valence-electron chi connectivity index (χ4n) is 0. The minimum atomic E-state index is -3.58. The molecule has 0 aliphatic heterocycles. The molecule has 0 bridgehead atoms. The Morgan fingerprint density at radius 3 is 1.88 bits per heavy atom. The van der Waals surface area contributed by atoms with Gasteiger partial charge in [-0.3, -0.25) is 0 Å². The van der Waals surface area contributed by atoms with Crippen LogP contribution in [0.25, 0.3) is 0 Å². The molecule has 0 saturated heterocycles. The fraction of sp³-hybridized carbons (Fsp3) is 0.333. The van der Waals surface area contributed by atoms with Crippen LogP contribution in [0, 0.1) is 0 Å². The van der Waals surface area contributed by atoms with Gasteiger partial charge in [-0.15, -0.1) is 6.58 Å². The molecule has 8 heavy (non-hydrogen) atoms. The monoisotopic (exact) mass is 155 g/mol. The zero-order chi connectivity index (χ0) is 6.99. The summed E-state index contributed by atoms with van der Waals surface area (Å²) in [6, 6.07) is 0. The van der Waals surface area contributed by atoms with Crippen LogP contribution in [0.1, 0.15) is 0 Å². The summed E-state index contributed by atoms with van der Waals surface area (Å²) >= 11 is -3.58.